The van der Waals surface area contributed by atoms with Crippen molar-refractivity contribution in [3.63, 3.8) is 0 Å². The molecule has 2 saturated heterocycles. The number of hydrogen-bond donors (Lipinski definition) is 8. The number of unbranched alkanes of at least 4 members (excludes halogenated alkanes) is 3. The molecule has 2 aliphatic rings. The highest BCUT2D eigenvalue weighted by atomic mass is 16.7. The molecule has 2 heterocycles. The second-order valence-electron chi connectivity index (χ2n) is 12.4. The second-order valence-corrected chi connectivity index (χ2v) is 12.4. The molecule has 0 spiro atoms. The molecule has 0 radical (unpaired) electrons. The molecule has 268 valence electrons. The molecule has 15 nitrogen and oxygen atoms in total. The molecule has 2 amide bonds. The number of hydrogen-bond acceptors (Lipinski definition) is 13. The van der Waals surface area contributed by atoms with Gasteiger partial charge in [-0.1, -0.05) is 13.8 Å². The van der Waals surface area contributed by atoms with Crippen molar-refractivity contribution in [1.29, 1.82) is 0 Å². The maximum Gasteiger partial charge on any atom is 0.220 e. The summed E-state index contributed by atoms with van der Waals surface area (Å²) < 4.78 is 22.1. The van der Waals surface area contributed by atoms with E-state index in [0.29, 0.717) is 51.5 Å². The van der Waals surface area contributed by atoms with Gasteiger partial charge >= 0.3 is 0 Å². The maximum absolute atomic E-state index is 12.4. The number of ketones is 1. The second kappa shape index (κ2) is 21.2. The van der Waals surface area contributed by atoms with Gasteiger partial charge in [-0.2, -0.15) is 0 Å². The van der Waals surface area contributed by atoms with E-state index in [9.17, 15) is 45.0 Å². The van der Waals surface area contributed by atoms with E-state index in [4.69, 9.17) is 18.9 Å². The highest BCUT2D eigenvalue weighted by Gasteiger charge is 2.43. The number of ether oxygens (including phenoxy) is 4. The number of aliphatic hydroxyl groups excluding tert-OH is 6. The number of nitrogens with one attached hydrogen (secondary N) is 2. The zero-order valence-electron chi connectivity index (χ0n) is 27.3. The first kappa shape index (κ1) is 40.4. The zero-order chi connectivity index (χ0) is 34.2. The lowest BCUT2D eigenvalue weighted by Gasteiger charge is -2.40. The van der Waals surface area contributed by atoms with Crippen LogP contribution in [0.15, 0.2) is 0 Å². The molecule has 8 N–H and O–H groups in total. The van der Waals surface area contributed by atoms with Crippen LogP contribution in [-0.2, 0) is 33.3 Å². The maximum atomic E-state index is 12.4. The molecule has 0 aromatic heterocycles. The molecule has 46 heavy (non-hydrogen) atoms. The Kier molecular flexibility index (Phi) is 18.6. The number of aliphatic hydroxyl groups is 6. The summed E-state index contributed by atoms with van der Waals surface area (Å²) in [5.41, 5.74) is 0. The summed E-state index contributed by atoms with van der Waals surface area (Å²) in [6.45, 7) is 5.00. The predicted molar refractivity (Wildman–Crippen MR) is 163 cm³/mol. The molecule has 11 unspecified atom stereocenters. The average Bonchev–Trinajstić information content (AvgIpc) is 3.03. The first-order chi connectivity index (χ1) is 21.9. The van der Waals surface area contributed by atoms with Gasteiger partial charge in [0.05, 0.1) is 43.7 Å². The number of Topliss-reactive ketones (excluding diaryl/α,β-unsaturated/α-hetero) is 1. The Balaban J connectivity index is 1.52. The van der Waals surface area contributed by atoms with Gasteiger partial charge in [0.1, 0.15) is 12.2 Å². The molecule has 15 heteroatoms. The summed E-state index contributed by atoms with van der Waals surface area (Å²) in [4.78, 5) is 36.6. The molecule has 2 rings (SSSR count). The van der Waals surface area contributed by atoms with Gasteiger partial charge in [-0.05, 0) is 51.9 Å². The molecule has 0 saturated carbocycles. The Hall–Kier alpha value is -1.79. The first-order valence-corrected chi connectivity index (χ1v) is 16.5. The van der Waals surface area contributed by atoms with E-state index in [1.807, 2.05) is 0 Å². The van der Waals surface area contributed by atoms with Gasteiger partial charge in [-0.25, -0.2) is 0 Å². The van der Waals surface area contributed by atoms with Crippen LogP contribution in [0.1, 0.15) is 78.6 Å². The van der Waals surface area contributed by atoms with Gasteiger partial charge in [0.15, 0.2) is 18.4 Å². The average molecular weight is 665 g/mol. The summed E-state index contributed by atoms with van der Waals surface area (Å²) in [5, 5.41) is 64.8. The van der Waals surface area contributed by atoms with E-state index >= 15 is 0 Å². The minimum Gasteiger partial charge on any atom is -0.394 e. The fraction of sp³-hybridized carbons (Fsp3) is 0.903. The summed E-state index contributed by atoms with van der Waals surface area (Å²) >= 11 is 0. The summed E-state index contributed by atoms with van der Waals surface area (Å²) in [6, 6.07) is -0.618. The molecule has 11 atom stereocenters. The molecular formula is C31H56N2O13. The van der Waals surface area contributed by atoms with Crippen LogP contribution in [0.5, 0.6) is 0 Å². The summed E-state index contributed by atoms with van der Waals surface area (Å²) in [6.07, 6.45) is -3.77. The lowest BCUT2D eigenvalue weighted by atomic mass is 9.91. The molecular weight excluding hydrogens is 608 g/mol. The standard InChI is InChI=1S/C31H56N2O13/c1-18-22(16-34)45-30(28(41)26(18)39)43-14-8-5-11-24(37)32-13-7-4-10-21(20(3)36)33-25(38)12-6-9-15-44-31-29(42)27(40)19(2)23(17-35)46-31/h18-19,21-23,26-31,34-35,39-42H,4-17H2,1-3H3,(H,32,37)(H,33,38). The van der Waals surface area contributed by atoms with Crippen LogP contribution in [0.4, 0.5) is 0 Å². The number of carbonyl (C=O) groups excluding carboxylic acids is 3. The molecule has 0 aromatic carbocycles. The van der Waals surface area contributed by atoms with Crippen molar-refractivity contribution >= 4 is 17.6 Å². The third kappa shape index (κ3) is 13.0. The third-order valence-electron chi connectivity index (χ3n) is 8.71. The van der Waals surface area contributed by atoms with Crippen LogP contribution < -0.4 is 10.6 Å². The first-order valence-electron chi connectivity index (χ1n) is 16.5. The number of rotatable bonds is 21. The van der Waals surface area contributed by atoms with Crippen LogP contribution in [-0.4, -0.2) is 136 Å². The Morgan fingerprint density at radius 1 is 0.696 bits per heavy atom. The Labute approximate surface area is 270 Å². The van der Waals surface area contributed by atoms with E-state index in [0.717, 1.165) is 0 Å². The SMILES string of the molecule is CC(=O)C(CCCCNC(=O)CCCCOC1OC(CO)C(C)C(O)C1O)NC(=O)CCCCOC1OC(CO)C(C)C(O)C1O. The summed E-state index contributed by atoms with van der Waals surface area (Å²) in [7, 11) is 0. The van der Waals surface area contributed by atoms with Crippen molar-refractivity contribution in [2.45, 2.75) is 134 Å². The van der Waals surface area contributed by atoms with Crippen molar-refractivity contribution in [3.8, 4) is 0 Å². The van der Waals surface area contributed by atoms with E-state index in [2.05, 4.69) is 10.6 Å². The molecule has 2 fully saturated rings. The largest absolute Gasteiger partial charge is 0.394 e. The fourth-order valence-corrected chi connectivity index (χ4v) is 5.44. The van der Waals surface area contributed by atoms with Gasteiger partial charge in [0, 0.05) is 44.4 Å². The van der Waals surface area contributed by atoms with Crippen LogP contribution in [0.25, 0.3) is 0 Å². The minimum absolute atomic E-state index is 0.123. The predicted octanol–water partition coefficient (Wildman–Crippen LogP) is -1.13. The van der Waals surface area contributed by atoms with E-state index in [1.54, 1.807) is 13.8 Å². The molecule has 0 aliphatic carbocycles. The van der Waals surface area contributed by atoms with Crippen LogP contribution in [0, 0.1) is 11.8 Å². The minimum atomic E-state index is -1.24. The summed E-state index contributed by atoms with van der Waals surface area (Å²) in [5.74, 6) is -1.41. The van der Waals surface area contributed by atoms with E-state index in [-0.39, 0.29) is 56.9 Å². The van der Waals surface area contributed by atoms with E-state index < -0.39 is 67.1 Å². The highest BCUT2D eigenvalue weighted by Crippen LogP contribution is 2.27. The van der Waals surface area contributed by atoms with Crippen LogP contribution in [0.3, 0.4) is 0 Å². The van der Waals surface area contributed by atoms with Gasteiger partial charge < -0.3 is 60.2 Å². The number of amides is 2. The Morgan fingerprint density at radius 2 is 1.17 bits per heavy atom. The number of carbonyl (C=O) groups is 3. The molecule has 0 bridgehead atoms. The highest BCUT2D eigenvalue weighted by molar-refractivity contribution is 5.87. The van der Waals surface area contributed by atoms with Crippen molar-refractivity contribution in [2.24, 2.45) is 11.8 Å². The van der Waals surface area contributed by atoms with Gasteiger partial charge in [-0.15, -0.1) is 0 Å². The lowest BCUT2D eigenvalue weighted by Crippen LogP contribution is -2.55. The van der Waals surface area contributed by atoms with Crippen LogP contribution in [0.2, 0.25) is 0 Å². The quantitative estimate of drug-likeness (QED) is 0.0680. The van der Waals surface area contributed by atoms with Gasteiger partial charge in [0.2, 0.25) is 11.8 Å². The molecule has 0 aromatic rings. The third-order valence-corrected chi connectivity index (χ3v) is 8.71. The monoisotopic (exact) mass is 664 g/mol. The zero-order valence-corrected chi connectivity index (χ0v) is 27.3. The topological polar surface area (TPSA) is 234 Å². The smallest absolute Gasteiger partial charge is 0.220 e. The Morgan fingerprint density at radius 3 is 1.63 bits per heavy atom. The Bertz CT molecular complexity index is 908. The normalized spacial score (nSPS) is 32.1. The van der Waals surface area contributed by atoms with E-state index in [1.165, 1.54) is 6.92 Å². The molecule has 2 aliphatic heterocycles. The fourth-order valence-electron chi connectivity index (χ4n) is 5.44. The lowest BCUT2D eigenvalue weighted by molar-refractivity contribution is -0.288. The van der Waals surface area contributed by atoms with Gasteiger partial charge in [0.25, 0.3) is 0 Å². The van der Waals surface area contributed by atoms with Crippen molar-refractivity contribution in [3.05, 3.63) is 0 Å². The van der Waals surface area contributed by atoms with Crippen molar-refractivity contribution in [2.75, 3.05) is 33.0 Å². The van der Waals surface area contributed by atoms with Crippen molar-refractivity contribution in [1.82, 2.24) is 10.6 Å². The van der Waals surface area contributed by atoms with Crippen LogP contribution >= 0.6 is 0 Å². The van der Waals surface area contributed by atoms with Gasteiger partial charge in [-0.3, -0.25) is 14.4 Å². The van der Waals surface area contributed by atoms with Crippen molar-refractivity contribution < 1.29 is 64.0 Å².